The zero-order valence-electron chi connectivity index (χ0n) is 6.33. The van der Waals surface area contributed by atoms with Gasteiger partial charge in [0.25, 0.3) is 0 Å². The van der Waals surface area contributed by atoms with E-state index in [0.717, 1.165) is 23.9 Å². The van der Waals surface area contributed by atoms with Crippen molar-refractivity contribution in [1.29, 1.82) is 0 Å². The van der Waals surface area contributed by atoms with Gasteiger partial charge >= 0.3 is 69.8 Å². The van der Waals surface area contributed by atoms with Crippen LogP contribution in [0.25, 0.3) is 0 Å². The number of hydrogen-bond acceptors (Lipinski definition) is 1. The summed E-state index contributed by atoms with van der Waals surface area (Å²) >= 11 is 1.15. The van der Waals surface area contributed by atoms with Crippen LogP contribution in [0.15, 0.2) is 24.3 Å². The summed E-state index contributed by atoms with van der Waals surface area (Å²) in [5.41, 5.74) is 0.803. The van der Waals surface area contributed by atoms with Gasteiger partial charge in [0, 0.05) is 0 Å². The molecular weight excluding hydrogens is 257 g/mol. The van der Waals surface area contributed by atoms with Crippen LogP contribution in [-0.4, -0.2) is 5.78 Å². The Kier molecular flexibility index (Phi) is 4.78. The fraction of sp³-hybridized carbons (Fsp3) is 0.125. The summed E-state index contributed by atoms with van der Waals surface area (Å²) in [5.74, 6) is 0.139. The van der Waals surface area contributed by atoms with Crippen LogP contribution >= 0.6 is 17.0 Å². The molecule has 0 amide bonds. The van der Waals surface area contributed by atoms with Gasteiger partial charge in [-0.15, -0.1) is 17.0 Å². The predicted molar refractivity (Wildman–Crippen MR) is 46.4 cm³/mol. The van der Waals surface area contributed by atoms with Gasteiger partial charge < -0.3 is 0 Å². The monoisotopic (exact) mass is 263 g/mol. The van der Waals surface area contributed by atoms with E-state index in [1.165, 1.54) is 4.16 Å². The SMILES string of the molecule is Br.CC(=O)c1cc[c]([Zn])cc1. The predicted octanol–water partition coefficient (Wildman–Crippen LogP) is 1.64. The molecule has 1 rings (SSSR count). The molecule has 0 spiro atoms. The van der Waals surface area contributed by atoms with Gasteiger partial charge in [-0.25, -0.2) is 0 Å². The Morgan fingerprint density at radius 1 is 1.27 bits per heavy atom. The fourth-order valence-electron chi connectivity index (χ4n) is 0.739. The quantitative estimate of drug-likeness (QED) is 0.557. The van der Waals surface area contributed by atoms with Gasteiger partial charge in [-0.3, -0.25) is 0 Å². The average molecular weight is 265 g/mol. The number of benzene rings is 1. The first-order valence-electron chi connectivity index (χ1n) is 3.13. The van der Waals surface area contributed by atoms with E-state index in [-0.39, 0.29) is 22.8 Å². The number of carbonyl (C=O) groups excluding carboxylic acids is 1. The molecule has 3 heteroatoms. The minimum atomic E-state index is 0. The van der Waals surface area contributed by atoms with Gasteiger partial charge in [-0.05, 0) is 0 Å². The summed E-state index contributed by atoms with van der Waals surface area (Å²) in [5, 5.41) is 0. The third kappa shape index (κ3) is 3.26. The Morgan fingerprint density at radius 2 is 1.73 bits per heavy atom. The normalized spacial score (nSPS) is 8.64. The van der Waals surface area contributed by atoms with Gasteiger partial charge in [0.05, 0.1) is 0 Å². The molecule has 0 atom stereocenters. The van der Waals surface area contributed by atoms with E-state index in [2.05, 4.69) is 0 Å². The molecule has 0 radical (unpaired) electrons. The fourth-order valence-corrected chi connectivity index (χ4v) is 1.23. The topological polar surface area (TPSA) is 17.1 Å². The van der Waals surface area contributed by atoms with E-state index in [0.29, 0.717) is 0 Å². The second kappa shape index (κ2) is 4.79. The Bertz CT molecular complexity index is 243. The van der Waals surface area contributed by atoms with Crippen LogP contribution in [0.2, 0.25) is 0 Å². The number of ketones is 1. The van der Waals surface area contributed by atoms with Gasteiger partial charge in [-0.1, -0.05) is 0 Å². The van der Waals surface area contributed by atoms with Gasteiger partial charge in [0.2, 0.25) is 0 Å². The molecule has 0 aliphatic carbocycles. The molecule has 0 saturated carbocycles. The Labute approximate surface area is 86.6 Å². The molecule has 1 aromatic carbocycles. The molecule has 0 heterocycles. The number of rotatable bonds is 1. The summed E-state index contributed by atoms with van der Waals surface area (Å²) in [7, 11) is 0. The van der Waals surface area contributed by atoms with Crippen molar-refractivity contribution in [2.75, 3.05) is 0 Å². The standard InChI is InChI=1S/C8H7O.BrH.Zn/c1-7(9)8-5-3-2-4-6-8;;/h3-6H,1H3;1H;. The van der Waals surface area contributed by atoms with Crippen molar-refractivity contribution in [3.05, 3.63) is 29.8 Å². The zero-order valence-corrected chi connectivity index (χ0v) is 11.0. The van der Waals surface area contributed by atoms with E-state index in [1.807, 2.05) is 24.3 Å². The van der Waals surface area contributed by atoms with Crippen molar-refractivity contribution in [1.82, 2.24) is 0 Å². The summed E-state index contributed by atoms with van der Waals surface area (Å²) < 4.78 is 1.31. The van der Waals surface area contributed by atoms with E-state index >= 15 is 0 Å². The molecule has 0 aromatic heterocycles. The first-order valence-corrected chi connectivity index (χ1v) is 4.61. The van der Waals surface area contributed by atoms with Gasteiger partial charge in [-0.2, -0.15) is 0 Å². The van der Waals surface area contributed by atoms with Crippen molar-refractivity contribution >= 4 is 26.9 Å². The maximum atomic E-state index is 10.8. The molecular formula is C8H8BrOZn. The first-order chi connectivity index (χ1) is 4.70. The molecule has 1 nitrogen and oxygen atoms in total. The molecule has 0 fully saturated rings. The maximum absolute atomic E-state index is 10.8. The van der Waals surface area contributed by atoms with Crippen molar-refractivity contribution in [3.63, 3.8) is 0 Å². The number of Topliss-reactive ketones (excluding diaryl/α,β-unsaturated/α-hetero) is 1. The Morgan fingerprint density at radius 3 is 2.09 bits per heavy atom. The molecule has 55 valence electrons. The first kappa shape index (κ1) is 11.0. The number of halogens is 1. The third-order valence-electron chi connectivity index (χ3n) is 1.36. The van der Waals surface area contributed by atoms with Gasteiger partial charge in [0.1, 0.15) is 0 Å². The summed E-state index contributed by atoms with van der Waals surface area (Å²) in [6, 6.07) is 7.75. The summed E-state index contributed by atoms with van der Waals surface area (Å²) in [4.78, 5) is 10.8. The Balaban J connectivity index is 0.000001000. The molecule has 0 bridgehead atoms. The van der Waals surface area contributed by atoms with Crippen LogP contribution in [0, 0.1) is 0 Å². The van der Waals surface area contributed by atoms with Crippen LogP contribution in [0.4, 0.5) is 0 Å². The number of hydrogen-bond donors (Lipinski definition) is 0. The van der Waals surface area contributed by atoms with E-state index in [4.69, 9.17) is 0 Å². The summed E-state index contributed by atoms with van der Waals surface area (Å²) in [6.07, 6.45) is 0. The molecule has 0 N–H and O–H groups in total. The third-order valence-corrected chi connectivity index (χ3v) is 2.35. The van der Waals surface area contributed by atoms with Crippen LogP contribution in [0.3, 0.4) is 0 Å². The molecule has 0 saturated heterocycles. The molecule has 0 unspecified atom stereocenters. The second-order valence-electron chi connectivity index (χ2n) is 2.25. The van der Waals surface area contributed by atoms with Crippen molar-refractivity contribution in [2.45, 2.75) is 6.92 Å². The van der Waals surface area contributed by atoms with Crippen LogP contribution in [0.5, 0.6) is 0 Å². The van der Waals surface area contributed by atoms with Crippen molar-refractivity contribution < 1.29 is 23.1 Å². The second-order valence-corrected chi connectivity index (χ2v) is 3.97. The van der Waals surface area contributed by atoms with E-state index in [9.17, 15) is 4.79 Å². The van der Waals surface area contributed by atoms with Crippen molar-refractivity contribution in [3.8, 4) is 0 Å². The zero-order chi connectivity index (χ0) is 7.56. The molecule has 0 aliphatic rings. The van der Waals surface area contributed by atoms with E-state index < -0.39 is 0 Å². The van der Waals surface area contributed by atoms with Crippen molar-refractivity contribution in [2.24, 2.45) is 0 Å². The van der Waals surface area contributed by atoms with Gasteiger partial charge in [0.15, 0.2) is 0 Å². The average Bonchev–Trinajstić information content (AvgIpc) is 1.88. The minimum absolute atomic E-state index is 0. The Hall–Kier alpha value is -0.00662. The van der Waals surface area contributed by atoms with E-state index in [1.54, 1.807) is 6.92 Å². The molecule has 11 heavy (non-hydrogen) atoms. The van der Waals surface area contributed by atoms with Crippen LogP contribution < -0.4 is 4.16 Å². The van der Waals surface area contributed by atoms with Crippen LogP contribution in [-0.2, 0) is 18.3 Å². The molecule has 1 aromatic rings. The summed E-state index contributed by atoms with van der Waals surface area (Å²) in [6.45, 7) is 1.58. The molecule has 0 aliphatic heterocycles. The number of carbonyl (C=O) groups is 1. The van der Waals surface area contributed by atoms with Crippen LogP contribution in [0.1, 0.15) is 17.3 Å².